The molecule has 0 aliphatic heterocycles. The average Bonchev–Trinajstić information content (AvgIpc) is 2.31. The van der Waals surface area contributed by atoms with Crippen LogP contribution in [0.3, 0.4) is 0 Å². The number of methoxy groups -OCH3 is 1. The third kappa shape index (κ3) is 5.97. The summed E-state index contributed by atoms with van der Waals surface area (Å²) in [6.07, 6.45) is 0.826. The van der Waals surface area contributed by atoms with Gasteiger partial charge in [0.2, 0.25) is 5.91 Å². The fraction of sp³-hybridized carbons (Fsp3) is 0.583. The Hall–Kier alpha value is -1.14. The third-order valence-electron chi connectivity index (χ3n) is 2.14. The fourth-order valence-electron chi connectivity index (χ4n) is 1.38. The average molecular weight is 269 g/mol. The number of amides is 1. The van der Waals surface area contributed by atoms with E-state index in [0.29, 0.717) is 24.1 Å². The molecule has 0 aromatic carbocycles. The Morgan fingerprint density at radius 3 is 2.67 bits per heavy atom. The lowest BCUT2D eigenvalue weighted by Gasteiger charge is -2.05. The quantitative estimate of drug-likeness (QED) is 0.460. The normalized spacial score (nSPS) is 10.4. The van der Waals surface area contributed by atoms with Gasteiger partial charge in [0.15, 0.2) is 5.16 Å². The van der Waals surface area contributed by atoms with Gasteiger partial charge in [0, 0.05) is 31.6 Å². The Labute approximate surface area is 112 Å². The first-order valence-corrected chi connectivity index (χ1v) is 6.81. The summed E-state index contributed by atoms with van der Waals surface area (Å²) in [6.45, 7) is 5.14. The van der Waals surface area contributed by atoms with Gasteiger partial charge in [-0.25, -0.2) is 9.97 Å². The topological polar surface area (TPSA) is 64.1 Å². The van der Waals surface area contributed by atoms with Crippen molar-refractivity contribution in [1.29, 1.82) is 0 Å². The van der Waals surface area contributed by atoms with Gasteiger partial charge in [0.05, 0.1) is 5.75 Å². The van der Waals surface area contributed by atoms with Gasteiger partial charge in [0.1, 0.15) is 0 Å². The smallest absolute Gasteiger partial charge is 0.230 e. The molecule has 1 rings (SSSR count). The van der Waals surface area contributed by atoms with Crippen molar-refractivity contribution in [3.8, 4) is 0 Å². The molecular formula is C12H19N3O2S. The Bertz CT molecular complexity index is 379. The summed E-state index contributed by atoms with van der Waals surface area (Å²) >= 11 is 1.36. The van der Waals surface area contributed by atoms with Crippen LogP contribution in [-0.4, -0.2) is 41.9 Å². The van der Waals surface area contributed by atoms with E-state index in [1.165, 1.54) is 11.8 Å². The molecule has 1 aromatic heterocycles. The van der Waals surface area contributed by atoms with Crippen molar-refractivity contribution in [3.05, 3.63) is 17.5 Å². The van der Waals surface area contributed by atoms with E-state index in [1.807, 2.05) is 19.9 Å². The van der Waals surface area contributed by atoms with Crippen LogP contribution >= 0.6 is 11.8 Å². The maximum absolute atomic E-state index is 11.5. The molecule has 6 heteroatoms. The molecule has 100 valence electrons. The van der Waals surface area contributed by atoms with Crippen molar-refractivity contribution >= 4 is 17.7 Å². The molecule has 0 atom stereocenters. The second-order valence-corrected chi connectivity index (χ2v) is 4.86. The molecule has 1 amide bonds. The van der Waals surface area contributed by atoms with Crippen molar-refractivity contribution in [2.45, 2.75) is 25.4 Å². The van der Waals surface area contributed by atoms with E-state index in [9.17, 15) is 4.79 Å². The molecule has 1 heterocycles. The molecule has 0 saturated heterocycles. The highest BCUT2D eigenvalue weighted by molar-refractivity contribution is 7.99. The maximum atomic E-state index is 11.5. The van der Waals surface area contributed by atoms with Crippen molar-refractivity contribution < 1.29 is 9.53 Å². The van der Waals surface area contributed by atoms with Gasteiger partial charge in [-0.1, -0.05) is 11.8 Å². The molecule has 18 heavy (non-hydrogen) atoms. The van der Waals surface area contributed by atoms with Gasteiger partial charge in [-0.05, 0) is 26.3 Å². The molecule has 0 bridgehead atoms. The Balaban J connectivity index is 2.29. The highest BCUT2D eigenvalue weighted by Crippen LogP contribution is 2.13. The van der Waals surface area contributed by atoms with Crippen LogP contribution in [0.2, 0.25) is 0 Å². The van der Waals surface area contributed by atoms with Crippen LogP contribution in [0.1, 0.15) is 17.8 Å². The molecule has 1 N–H and O–H groups in total. The standard InChI is InChI=1S/C12H19N3O2S/c1-9-7-10(2)15-12(14-9)18-8-11(16)13-5-4-6-17-3/h7H,4-6,8H2,1-3H3,(H,13,16). The molecule has 0 radical (unpaired) electrons. The maximum Gasteiger partial charge on any atom is 0.230 e. The molecule has 0 fully saturated rings. The van der Waals surface area contributed by atoms with Crippen LogP contribution < -0.4 is 5.32 Å². The number of carbonyl (C=O) groups is 1. The van der Waals surface area contributed by atoms with E-state index in [-0.39, 0.29) is 5.91 Å². The predicted octanol–water partition coefficient (Wildman–Crippen LogP) is 1.34. The van der Waals surface area contributed by atoms with Crippen molar-refractivity contribution in [1.82, 2.24) is 15.3 Å². The first-order chi connectivity index (χ1) is 8.61. The van der Waals surface area contributed by atoms with E-state index < -0.39 is 0 Å². The van der Waals surface area contributed by atoms with E-state index in [4.69, 9.17) is 4.74 Å². The lowest BCUT2D eigenvalue weighted by molar-refractivity contribution is -0.118. The van der Waals surface area contributed by atoms with Gasteiger partial charge in [0.25, 0.3) is 0 Å². The second kappa shape index (κ2) is 8.05. The number of nitrogens with one attached hydrogen (secondary N) is 1. The first kappa shape index (κ1) is 14.9. The van der Waals surface area contributed by atoms with Crippen molar-refractivity contribution in [2.24, 2.45) is 0 Å². The lowest BCUT2D eigenvalue weighted by Crippen LogP contribution is -2.26. The summed E-state index contributed by atoms with van der Waals surface area (Å²) in [7, 11) is 1.65. The minimum Gasteiger partial charge on any atom is -0.385 e. The Morgan fingerprint density at radius 1 is 1.39 bits per heavy atom. The van der Waals surface area contributed by atoms with Crippen LogP contribution in [0.4, 0.5) is 0 Å². The van der Waals surface area contributed by atoms with Crippen molar-refractivity contribution in [2.75, 3.05) is 26.0 Å². The van der Waals surface area contributed by atoms with Gasteiger partial charge < -0.3 is 10.1 Å². The van der Waals surface area contributed by atoms with Gasteiger partial charge in [-0.15, -0.1) is 0 Å². The van der Waals surface area contributed by atoms with E-state index >= 15 is 0 Å². The Kier molecular flexibility index (Phi) is 6.67. The molecule has 0 aliphatic rings. The highest BCUT2D eigenvalue weighted by atomic mass is 32.2. The molecule has 5 nitrogen and oxygen atoms in total. The summed E-state index contributed by atoms with van der Waals surface area (Å²) in [6, 6.07) is 1.91. The number of thioether (sulfide) groups is 1. The van der Waals surface area contributed by atoms with E-state index in [1.54, 1.807) is 7.11 Å². The summed E-state index contributed by atoms with van der Waals surface area (Å²) in [5.41, 5.74) is 1.84. The van der Waals surface area contributed by atoms with Crippen LogP contribution in [0.5, 0.6) is 0 Å². The van der Waals surface area contributed by atoms with Crippen LogP contribution in [0.15, 0.2) is 11.2 Å². The number of carbonyl (C=O) groups excluding carboxylic acids is 1. The zero-order chi connectivity index (χ0) is 13.4. The number of hydrogen-bond acceptors (Lipinski definition) is 5. The molecule has 0 aliphatic carbocycles. The van der Waals surface area contributed by atoms with Crippen LogP contribution in [0, 0.1) is 13.8 Å². The van der Waals surface area contributed by atoms with Gasteiger partial charge in [-0.2, -0.15) is 0 Å². The fourth-order valence-corrected chi connectivity index (χ4v) is 2.16. The minimum absolute atomic E-state index is 0.00105. The van der Waals surface area contributed by atoms with Crippen LogP contribution in [0.25, 0.3) is 0 Å². The predicted molar refractivity (Wildman–Crippen MR) is 71.7 cm³/mol. The Morgan fingerprint density at radius 2 is 2.06 bits per heavy atom. The lowest BCUT2D eigenvalue weighted by atomic mass is 10.4. The highest BCUT2D eigenvalue weighted by Gasteiger charge is 2.05. The first-order valence-electron chi connectivity index (χ1n) is 5.82. The molecule has 0 spiro atoms. The second-order valence-electron chi connectivity index (χ2n) is 3.92. The SMILES string of the molecule is COCCCNC(=O)CSc1nc(C)cc(C)n1. The number of ether oxygens (including phenoxy) is 1. The zero-order valence-electron chi connectivity index (χ0n) is 11.0. The molecular weight excluding hydrogens is 250 g/mol. The van der Waals surface area contributed by atoms with Gasteiger partial charge in [-0.3, -0.25) is 4.79 Å². The number of nitrogens with zero attached hydrogens (tertiary/aromatic N) is 2. The summed E-state index contributed by atoms with van der Waals surface area (Å²) in [5.74, 6) is 0.342. The molecule has 1 aromatic rings. The summed E-state index contributed by atoms with van der Waals surface area (Å²) in [5, 5.41) is 3.47. The molecule has 0 unspecified atom stereocenters. The van der Waals surface area contributed by atoms with E-state index in [0.717, 1.165) is 17.8 Å². The monoisotopic (exact) mass is 269 g/mol. The number of aromatic nitrogens is 2. The third-order valence-corrected chi connectivity index (χ3v) is 2.99. The summed E-state index contributed by atoms with van der Waals surface area (Å²) in [4.78, 5) is 20.1. The van der Waals surface area contributed by atoms with E-state index in [2.05, 4.69) is 15.3 Å². The van der Waals surface area contributed by atoms with Crippen LogP contribution in [-0.2, 0) is 9.53 Å². The molecule has 0 saturated carbocycles. The summed E-state index contributed by atoms with van der Waals surface area (Å²) < 4.78 is 4.90. The number of hydrogen-bond donors (Lipinski definition) is 1. The number of aryl methyl sites for hydroxylation is 2. The van der Waals surface area contributed by atoms with Gasteiger partial charge >= 0.3 is 0 Å². The zero-order valence-corrected chi connectivity index (χ0v) is 11.8. The largest absolute Gasteiger partial charge is 0.385 e. The van der Waals surface area contributed by atoms with Crippen molar-refractivity contribution in [3.63, 3.8) is 0 Å². The minimum atomic E-state index is -0.00105. The number of rotatable bonds is 7.